The highest BCUT2D eigenvalue weighted by Crippen LogP contribution is 2.24. The number of hydrogen-bond acceptors (Lipinski definition) is 3. The van der Waals surface area contributed by atoms with E-state index in [9.17, 15) is 4.79 Å². The van der Waals surface area contributed by atoms with E-state index in [1.54, 1.807) is 12.1 Å². The third kappa shape index (κ3) is 1.92. The number of likely N-dealkylation sites (N-methyl/N-ethyl adjacent to an activating group) is 1. The molecule has 1 fully saturated rings. The lowest BCUT2D eigenvalue weighted by Crippen LogP contribution is -2.34. The third-order valence-electron chi connectivity index (χ3n) is 3.14. The number of rotatable bonds is 2. The first kappa shape index (κ1) is 10.7. The van der Waals surface area contributed by atoms with Gasteiger partial charge in [0.15, 0.2) is 5.78 Å². The Morgan fingerprint density at radius 2 is 2.06 bits per heavy atom. The molecule has 0 bridgehead atoms. The summed E-state index contributed by atoms with van der Waals surface area (Å²) in [5.41, 5.74) is 1.65. The number of anilines is 1. The molecule has 0 saturated heterocycles. The maximum Gasteiger partial charge on any atom is 0.155 e. The van der Waals surface area contributed by atoms with Crippen LogP contribution in [0.25, 0.3) is 0 Å². The Hall–Kier alpha value is -1.82. The summed E-state index contributed by atoms with van der Waals surface area (Å²) in [6.45, 7) is 0. The van der Waals surface area contributed by atoms with Gasteiger partial charge in [-0.25, -0.2) is 0 Å². The monoisotopic (exact) mass is 214 g/mol. The summed E-state index contributed by atoms with van der Waals surface area (Å²) in [5.74, 6) is 0.326. The fourth-order valence-corrected chi connectivity index (χ4v) is 2.16. The largest absolute Gasteiger partial charge is 0.365 e. The summed E-state index contributed by atoms with van der Waals surface area (Å²) in [5, 5.41) is 8.70. The number of hydrogen-bond donors (Lipinski definition) is 0. The molecule has 0 aliphatic heterocycles. The second-order valence-corrected chi connectivity index (χ2v) is 4.14. The van der Waals surface area contributed by atoms with Crippen LogP contribution in [-0.4, -0.2) is 18.9 Å². The van der Waals surface area contributed by atoms with Crippen LogP contribution in [-0.2, 0) is 4.79 Å². The van der Waals surface area contributed by atoms with Gasteiger partial charge in [-0.05, 0) is 37.1 Å². The van der Waals surface area contributed by atoms with Crippen LogP contribution in [0.3, 0.4) is 0 Å². The van der Waals surface area contributed by atoms with Crippen molar-refractivity contribution in [3.63, 3.8) is 0 Å². The molecule has 3 heteroatoms. The molecule has 1 saturated carbocycles. The molecule has 1 unspecified atom stereocenters. The minimum atomic E-state index is 0.0212. The van der Waals surface area contributed by atoms with E-state index in [2.05, 4.69) is 6.07 Å². The second kappa shape index (κ2) is 4.36. The lowest BCUT2D eigenvalue weighted by molar-refractivity contribution is -0.118. The highest BCUT2D eigenvalue weighted by atomic mass is 16.1. The zero-order valence-corrected chi connectivity index (χ0v) is 9.31. The van der Waals surface area contributed by atoms with Gasteiger partial charge in [-0.2, -0.15) is 5.26 Å². The first-order chi connectivity index (χ1) is 7.72. The fourth-order valence-electron chi connectivity index (χ4n) is 2.16. The summed E-state index contributed by atoms with van der Waals surface area (Å²) >= 11 is 0. The van der Waals surface area contributed by atoms with Crippen LogP contribution in [0, 0.1) is 11.3 Å². The second-order valence-electron chi connectivity index (χ2n) is 4.14. The van der Waals surface area contributed by atoms with Gasteiger partial charge in [-0.3, -0.25) is 4.79 Å². The van der Waals surface area contributed by atoms with Crippen molar-refractivity contribution in [2.75, 3.05) is 11.9 Å². The van der Waals surface area contributed by atoms with Gasteiger partial charge in [0.05, 0.1) is 17.7 Å². The highest BCUT2D eigenvalue weighted by molar-refractivity contribution is 5.89. The quantitative estimate of drug-likeness (QED) is 0.757. The van der Waals surface area contributed by atoms with Crippen LogP contribution in [0.2, 0.25) is 0 Å². The van der Waals surface area contributed by atoms with Crippen molar-refractivity contribution >= 4 is 11.5 Å². The Bertz CT molecular complexity index is 430. The van der Waals surface area contributed by atoms with E-state index in [1.807, 2.05) is 24.1 Å². The first-order valence-corrected chi connectivity index (χ1v) is 5.48. The topological polar surface area (TPSA) is 44.1 Å². The number of nitrogens with zero attached hydrogens (tertiary/aromatic N) is 2. The lowest BCUT2D eigenvalue weighted by Gasteiger charge is -2.25. The van der Waals surface area contributed by atoms with E-state index in [1.165, 1.54) is 0 Å². The molecule has 1 aliphatic carbocycles. The van der Waals surface area contributed by atoms with Crippen molar-refractivity contribution in [1.82, 2.24) is 0 Å². The molecular weight excluding hydrogens is 200 g/mol. The minimum absolute atomic E-state index is 0.0212. The third-order valence-corrected chi connectivity index (χ3v) is 3.14. The standard InChI is InChI=1S/C13H14N2O/c1-15(12-3-2-4-13(12)16)11-7-5-10(9-14)6-8-11/h5-8,12H,2-4H2,1H3. The smallest absolute Gasteiger partial charge is 0.155 e. The van der Waals surface area contributed by atoms with Gasteiger partial charge >= 0.3 is 0 Å². The minimum Gasteiger partial charge on any atom is -0.365 e. The van der Waals surface area contributed by atoms with E-state index in [0.717, 1.165) is 18.5 Å². The maximum absolute atomic E-state index is 11.6. The van der Waals surface area contributed by atoms with E-state index in [-0.39, 0.29) is 6.04 Å². The molecule has 16 heavy (non-hydrogen) atoms. The van der Waals surface area contributed by atoms with Gasteiger partial charge in [0, 0.05) is 19.2 Å². The number of Topliss-reactive ketones (excluding diaryl/α,β-unsaturated/α-hetero) is 1. The Kier molecular flexibility index (Phi) is 2.91. The zero-order chi connectivity index (χ0) is 11.5. The number of carbonyl (C=O) groups is 1. The number of ketones is 1. The van der Waals surface area contributed by atoms with Gasteiger partial charge in [-0.15, -0.1) is 0 Å². The predicted octanol–water partition coefficient (Wildman–Crippen LogP) is 2.12. The summed E-state index contributed by atoms with van der Waals surface area (Å²) in [4.78, 5) is 13.6. The Morgan fingerprint density at radius 1 is 1.38 bits per heavy atom. The molecular formula is C13H14N2O. The zero-order valence-electron chi connectivity index (χ0n) is 9.31. The van der Waals surface area contributed by atoms with Crippen molar-refractivity contribution in [2.24, 2.45) is 0 Å². The van der Waals surface area contributed by atoms with Crippen LogP contribution in [0.15, 0.2) is 24.3 Å². The van der Waals surface area contributed by atoms with Crippen LogP contribution in [0.5, 0.6) is 0 Å². The van der Waals surface area contributed by atoms with Gasteiger partial charge in [-0.1, -0.05) is 0 Å². The molecule has 82 valence electrons. The predicted molar refractivity (Wildman–Crippen MR) is 62.2 cm³/mol. The van der Waals surface area contributed by atoms with Crippen molar-refractivity contribution < 1.29 is 4.79 Å². The van der Waals surface area contributed by atoms with Gasteiger partial charge in [0.1, 0.15) is 0 Å². The first-order valence-electron chi connectivity index (χ1n) is 5.48. The van der Waals surface area contributed by atoms with Crippen LogP contribution >= 0.6 is 0 Å². The average molecular weight is 214 g/mol. The normalized spacial score (nSPS) is 19.5. The van der Waals surface area contributed by atoms with Crippen molar-refractivity contribution in [3.05, 3.63) is 29.8 Å². The van der Waals surface area contributed by atoms with Crippen LogP contribution < -0.4 is 4.90 Å². The molecule has 1 atom stereocenters. The molecule has 0 spiro atoms. The maximum atomic E-state index is 11.6. The SMILES string of the molecule is CN(c1ccc(C#N)cc1)C1CCCC1=O. The number of benzene rings is 1. The summed E-state index contributed by atoms with van der Waals surface area (Å²) in [6.07, 6.45) is 2.63. The molecule has 2 rings (SSSR count). The van der Waals surface area contributed by atoms with E-state index >= 15 is 0 Å². The van der Waals surface area contributed by atoms with E-state index in [0.29, 0.717) is 17.8 Å². The molecule has 0 amide bonds. The molecule has 1 aliphatic rings. The number of nitriles is 1. The van der Waals surface area contributed by atoms with Gasteiger partial charge in [0.25, 0.3) is 0 Å². The molecule has 0 radical (unpaired) electrons. The Morgan fingerprint density at radius 3 is 2.56 bits per heavy atom. The Labute approximate surface area is 95.3 Å². The lowest BCUT2D eigenvalue weighted by atomic mass is 10.1. The summed E-state index contributed by atoms with van der Waals surface area (Å²) < 4.78 is 0. The van der Waals surface area contributed by atoms with E-state index in [4.69, 9.17) is 5.26 Å². The van der Waals surface area contributed by atoms with Gasteiger partial charge < -0.3 is 4.90 Å². The van der Waals surface area contributed by atoms with Crippen molar-refractivity contribution in [3.8, 4) is 6.07 Å². The Balaban J connectivity index is 2.17. The average Bonchev–Trinajstić information content (AvgIpc) is 2.75. The molecule has 0 heterocycles. The fraction of sp³-hybridized carbons (Fsp3) is 0.385. The van der Waals surface area contributed by atoms with Crippen LogP contribution in [0.1, 0.15) is 24.8 Å². The van der Waals surface area contributed by atoms with E-state index < -0.39 is 0 Å². The molecule has 3 nitrogen and oxygen atoms in total. The highest BCUT2D eigenvalue weighted by Gasteiger charge is 2.28. The molecule has 0 N–H and O–H groups in total. The number of carbonyl (C=O) groups excluding carboxylic acids is 1. The molecule has 1 aromatic carbocycles. The van der Waals surface area contributed by atoms with Crippen molar-refractivity contribution in [2.45, 2.75) is 25.3 Å². The summed E-state index contributed by atoms with van der Waals surface area (Å²) in [6, 6.07) is 9.46. The molecule has 1 aromatic rings. The summed E-state index contributed by atoms with van der Waals surface area (Å²) in [7, 11) is 1.94. The molecule has 0 aromatic heterocycles. The van der Waals surface area contributed by atoms with Crippen molar-refractivity contribution in [1.29, 1.82) is 5.26 Å². The van der Waals surface area contributed by atoms with Crippen LogP contribution in [0.4, 0.5) is 5.69 Å². The van der Waals surface area contributed by atoms with Gasteiger partial charge in [0.2, 0.25) is 0 Å².